The summed E-state index contributed by atoms with van der Waals surface area (Å²) in [6.07, 6.45) is 5.36. The fourth-order valence-corrected chi connectivity index (χ4v) is 3.15. The molecule has 1 unspecified atom stereocenters. The molecule has 0 saturated carbocycles. The van der Waals surface area contributed by atoms with Crippen molar-refractivity contribution >= 4 is 17.5 Å². The molecule has 1 atom stereocenters. The zero-order valence-corrected chi connectivity index (χ0v) is 13.9. The second-order valence-electron chi connectivity index (χ2n) is 6.03. The molecule has 0 spiro atoms. The predicted molar refractivity (Wildman–Crippen MR) is 91.5 cm³/mol. The van der Waals surface area contributed by atoms with Gasteiger partial charge in [0, 0.05) is 29.5 Å². The summed E-state index contributed by atoms with van der Waals surface area (Å²) < 4.78 is 13.7. The summed E-state index contributed by atoms with van der Waals surface area (Å²) in [5.74, 6) is -0.126. The van der Waals surface area contributed by atoms with Gasteiger partial charge in [0.1, 0.15) is 5.82 Å². The van der Waals surface area contributed by atoms with Crippen LogP contribution in [-0.2, 0) is 13.0 Å². The van der Waals surface area contributed by atoms with Crippen LogP contribution in [0.25, 0.3) is 0 Å². The van der Waals surface area contributed by atoms with Crippen molar-refractivity contribution in [1.82, 2.24) is 15.6 Å². The fourth-order valence-electron chi connectivity index (χ4n) is 2.92. The molecule has 4 nitrogen and oxygen atoms in total. The summed E-state index contributed by atoms with van der Waals surface area (Å²) in [7, 11) is 0. The number of amides is 1. The molecule has 2 aromatic rings. The number of aromatic nitrogens is 1. The fraction of sp³-hybridized carbons (Fsp3) is 0.333. The number of benzene rings is 1. The molecule has 24 heavy (non-hydrogen) atoms. The molecule has 3 rings (SSSR count). The zero-order valence-electron chi connectivity index (χ0n) is 13.2. The number of hydrogen-bond donors (Lipinski definition) is 2. The van der Waals surface area contributed by atoms with Crippen LogP contribution < -0.4 is 10.6 Å². The normalized spacial score (nSPS) is 17.0. The van der Waals surface area contributed by atoms with Crippen molar-refractivity contribution in [3.8, 4) is 0 Å². The molecule has 1 aliphatic rings. The SMILES string of the molecule is O=C(NCc1c(F)cccc1Cl)c1cncc(CC2CCNC2)c1. The first-order valence-electron chi connectivity index (χ1n) is 7.99. The first-order valence-corrected chi connectivity index (χ1v) is 8.37. The average molecular weight is 348 g/mol. The molecule has 1 saturated heterocycles. The van der Waals surface area contributed by atoms with Crippen molar-refractivity contribution in [2.45, 2.75) is 19.4 Å². The van der Waals surface area contributed by atoms with E-state index in [1.54, 1.807) is 12.3 Å². The summed E-state index contributed by atoms with van der Waals surface area (Å²) in [6, 6.07) is 6.31. The Bertz CT molecular complexity index is 712. The summed E-state index contributed by atoms with van der Waals surface area (Å²) >= 11 is 5.97. The molecule has 1 amide bonds. The molecule has 126 valence electrons. The summed E-state index contributed by atoms with van der Waals surface area (Å²) in [5, 5.41) is 6.34. The number of rotatable bonds is 5. The molecule has 2 heterocycles. The van der Waals surface area contributed by atoms with Gasteiger partial charge in [-0.05, 0) is 55.6 Å². The summed E-state index contributed by atoms with van der Waals surface area (Å²) in [6.45, 7) is 2.09. The van der Waals surface area contributed by atoms with Crippen LogP contribution in [-0.4, -0.2) is 24.0 Å². The molecule has 0 radical (unpaired) electrons. The van der Waals surface area contributed by atoms with Gasteiger partial charge in [-0.15, -0.1) is 0 Å². The number of halogens is 2. The molecule has 6 heteroatoms. The standard InChI is InChI=1S/C18H19ClFN3O/c19-16-2-1-3-17(20)15(16)11-23-18(24)14-7-13(9-22-10-14)6-12-4-5-21-8-12/h1-3,7,9-10,12,21H,4-6,8,11H2,(H,23,24). The van der Waals surface area contributed by atoms with E-state index in [9.17, 15) is 9.18 Å². The van der Waals surface area contributed by atoms with E-state index in [0.29, 0.717) is 16.5 Å². The Morgan fingerprint density at radius 3 is 3.04 bits per heavy atom. The second kappa shape index (κ2) is 7.73. The Kier molecular flexibility index (Phi) is 5.43. The van der Waals surface area contributed by atoms with Gasteiger partial charge in [0.2, 0.25) is 0 Å². The predicted octanol–water partition coefficient (Wildman–Crippen LogP) is 2.96. The Morgan fingerprint density at radius 2 is 2.29 bits per heavy atom. The highest BCUT2D eigenvalue weighted by Crippen LogP contribution is 2.19. The number of carbonyl (C=O) groups is 1. The molecule has 0 aliphatic carbocycles. The third kappa shape index (κ3) is 4.10. The van der Waals surface area contributed by atoms with Crippen LogP contribution in [0, 0.1) is 11.7 Å². The maximum Gasteiger partial charge on any atom is 0.253 e. The first-order chi connectivity index (χ1) is 11.6. The van der Waals surface area contributed by atoms with Crippen molar-refractivity contribution in [2.24, 2.45) is 5.92 Å². The highest BCUT2D eigenvalue weighted by atomic mass is 35.5. The van der Waals surface area contributed by atoms with Gasteiger partial charge >= 0.3 is 0 Å². The van der Waals surface area contributed by atoms with E-state index in [0.717, 1.165) is 31.5 Å². The Balaban J connectivity index is 1.64. The van der Waals surface area contributed by atoms with Crippen LogP contribution in [0.4, 0.5) is 4.39 Å². The number of nitrogens with one attached hydrogen (secondary N) is 2. The van der Waals surface area contributed by atoms with Crippen molar-refractivity contribution in [3.05, 3.63) is 64.2 Å². The highest BCUT2D eigenvalue weighted by molar-refractivity contribution is 6.31. The number of nitrogens with zero attached hydrogens (tertiary/aromatic N) is 1. The molecule has 1 aliphatic heterocycles. The van der Waals surface area contributed by atoms with Crippen molar-refractivity contribution in [3.63, 3.8) is 0 Å². The van der Waals surface area contributed by atoms with E-state index in [1.165, 1.54) is 18.3 Å². The van der Waals surface area contributed by atoms with Gasteiger partial charge in [-0.25, -0.2) is 4.39 Å². The smallest absolute Gasteiger partial charge is 0.253 e. The van der Waals surface area contributed by atoms with E-state index in [1.807, 2.05) is 6.07 Å². The van der Waals surface area contributed by atoms with Gasteiger partial charge in [0.25, 0.3) is 5.91 Å². The maximum atomic E-state index is 13.7. The van der Waals surface area contributed by atoms with Crippen LogP contribution >= 0.6 is 11.6 Å². The zero-order chi connectivity index (χ0) is 16.9. The van der Waals surface area contributed by atoms with Crippen molar-refractivity contribution in [2.75, 3.05) is 13.1 Å². The highest BCUT2D eigenvalue weighted by Gasteiger charge is 2.16. The molecule has 1 fully saturated rings. The largest absolute Gasteiger partial charge is 0.348 e. The van der Waals surface area contributed by atoms with Crippen LogP contribution in [0.2, 0.25) is 5.02 Å². The van der Waals surface area contributed by atoms with Crippen LogP contribution in [0.15, 0.2) is 36.7 Å². The van der Waals surface area contributed by atoms with Gasteiger partial charge in [-0.1, -0.05) is 17.7 Å². The van der Waals surface area contributed by atoms with Crippen LogP contribution in [0.3, 0.4) is 0 Å². The van der Waals surface area contributed by atoms with Gasteiger partial charge in [0.05, 0.1) is 5.56 Å². The Hall–Kier alpha value is -1.98. The lowest BCUT2D eigenvalue weighted by atomic mass is 9.99. The molecule has 0 bridgehead atoms. The van der Waals surface area contributed by atoms with Gasteiger partial charge in [-0.3, -0.25) is 9.78 Å². The quantitative estimate of drug-likeness (QED) is 0.874. The van der Waals surface area contributed by atoms with Crippen LogP contribution in [0.1, 0.15) is 27.9 Å². The molecular formula is C18H19ClFN3O. The molecule has 1 aromatic carbocycles. The summed E-state index contributed by atoms with van der Waals surface area (Å²) in [5.41, 5.74) is 1.81. The van der Waals surface area contributed by atoms with Gasteiger partial charge in [0.15, 0.2) is 0 Å². The second-order valence-corrected chi connectivity index (χ2v) is 6.43. The lowest BCUT2D eigenvalue weighted by Gasteiger charge is -2.10. The lowest BCUT2D eigenvalue weighted by molar-refractivity contribution is 0.0950. The Morgan fingerprint density at radius 1 is 1.42 bits per heavy atom. The minimum atomic E-state index is -0.427. The van der Waals surface area contributed by atoms with Gasteiger partial charge < -0.3 is 10.6 Å². The molecule has 1 aromatic heterocycles. The van der Waals surface area contributed by atoms with Gasteiger partial charge in [-0.2, -0.15) is 0 Å². The molecular weight excluding hydrogens is 329 g/mol. The van der Waals surface area contributed by atoms with E-state index >= 15 is 0 Å². The average Bonchev–Trinajstić information content (AvgIpc) is 3.07. The van der Waals surface area contributed by atoms with E-state index < -0.39 is 5.82 Å². The third-order valence-electron chi connectivity index (χ3n) is 4.23. The van der Waals surface area contributed by atoms with Crippen LogP contribution in [0.5, 0.6) is 0 Å². The van der Waals surface area contributed by atoms with Crippen molar-refractivity contribution in [1.29, 1.82) is 0 Å². The third-order valence-corrected chi connectivity index (χ3v) is 4.59. The minimum Gasteiger partial charge on any atom is -0.348 e. The van der Waals surface area contributed by atoms with E-state index in [2.05, 4.69) is 15.6 Å². The Labute approximate surface area is 145 Å². The monoisotopic (exact) mass is 347 g/mol. The lowest BCUT2D eigenvalue weighted by Crippen LogP contribution is -2.24. The van der Waals surface area contributed by atoms with E-state index in [-0.39, 0.29) is 18.0 Å². The number of hydrogen-bond acceptors (Lipinski definition) is 3. The minimum absolute atomic E-state index is 0.0428. The van der Waals surface area contributed by atoms with Crippen molar-refractivity contribution < 1.29 is 9.18 Å². The first kappa shape index (κ1) is 16.9. The topological polar surface area (TPSA) is 54.0 Å². The summed E-state index contributed by atoms with van der Waals surface area (Å²) in [4.78, 5) is 16.5. The number of pyridine rings is 1. The molecule has 2 N–H and O–H groups in total. The maximum absolute atomic E-state index is 13.7. The number of carbonyl (C=O) groups excluding carboxylic acids is 1. The van der Waals surface area contributed by atoms with E-state index in [4.69, 9.17) is 11.6 Å².